The van der Waals surface area contributed by atoms with E-state index in [1.807, 2.05) is 48.5 Å². The van der Waals surface area contributed by atoms with Crippen LogP contribution in [0.2, 0.25) is 0 Å². The van der Waals surface area contributed by atoms with Crippen LogP contribution in [0.4, 0.5) is 5.00 Å². The van der Waals surface area contributed by atoms with E-state index >= 15 is 0 Å². The van der Waals surface area contributed by atoms with Crippen LogP contribution in [0.1, 0.15) is 63.7 Å². The lowest BCUT2D eigenvalue weighted by Crippen LogP contribution is -2.44. The smallest absolute Gasteiger partial charge is 0.349 e. The molecule has 1 rings (SSSR count). The van der Waals surface area contributed by atoms with E-state index in [0.29, 0.717) is 15.4 Å². The minimum absolute atomic E-state index is 0.0314. The van der Waals surface area contributed by atoms with Crippen molar-refractivity contribution in [3.05, 3.63) is 16.5 Å². The van der Waals surface area contributed by atoms with Crippen molar-refractivity contribution in [3.63, 3.8) is 0 Å². The molecule has 0 aliphatic heterocycles. The highest BCUT2D eigenvalue weighted by Gasteiger charge is 2.25. The monoisotopic (exact) mass is 382 g/mol. The van der Waals surface area contributed by atoms with E-state index < -0.39 is 11.4 Å². The summed E-state index contributed by atoms with van der Waals surface area (Å²) in [5.74, 6) is -0.901. The SMILES string of the molecule is Cc1cc(NC(=O)C(C)(C)C)sc1C(=O)OCC(=O)N(C(C)C)C(C)C. The van der Waals surface area contributed by atoms with Crippen molar-refractivity contribution in [3.8, 4) is 0 Å². The normalized spacial score (nSPS) is 11.6. The third-order valence-electron chi connectivity index (χ3n) is 3.75. The maximum absolute atomic E-state index is 12.3. The Kier molecular flexibility index (Phi) is 7.38. The number of carbonyl (C=O) groups is 3. The van der Waals surface area contributed by atoms with Gasteiger partial charge in [0.15, 0.2) is 6.61 Å². The number of anilines is 1. The van der Waals surface area contributed by atoms with Crippen molar-refractivity contribution in [2.75, 3.05) is 11.9 Å². The zero-order chi connectivity index (χ0) is 20.2. The average molecular weight is 383 g/mol. The lowest BCUT2D eigenvalue weighted by molar-refractivity contribution is -0.138. The topological polar surface area (TPSA) is 75.7 Å². The Bertz CT molecular complexity index is 664. The molecule has 0 saturated carbocycles. The van der Waals surface area contributed by atoms with Gasteiger partial charge in [0.2, 0.25) is 5.91 Å². The van der Waals surface area contributed by atoms with Gasteiger partial charge in [0.1, 0.15) is 4.88 Å². The maximum atomic E-state index is 12.3. The number of rotatable bonds is 6. The van der Waals surface area contributed by atoms with Crippen molar-refractivity contribution in [1.29, 1.82) is 0 Å². The van der Waals surface area contributed by atoms with E-state index in [9.17, 15) is 14.4 Å². The predicted octanol–water partition coefficient (Wildman–Crippen LogP) is 3.84. The summed E-state index contributed by atoms with van der Waals surface area (Å²) in [7, 11) is 0. The maximum Gasteiger partial charge on any atom is 0.349 e. The largest absolute Gasteiger partial charge is 0.451 e. The number of hydrogen-bond donors (Lipinski definition) is 1. The van der Waals surface area contributed by atoms with Gasteiger partial charge < -0.3 is 15.0 Å². The van der Waals surface area contributed by atoms with Gasteiger partial charge in [0.25, 0.3) is 5.91 Å². The second-order valence-electron chi connectivity index (χ2n) is 7.89. The van der Waals surface area contributed by atoms with Crippen LogP contribution in [0.15, 0.2) is 6.07 Å². The van der Waals surface area contributed by atoms with Gasteiger partial charge in [-0.3, -0.25) is 9.59 Å². The summed E-state index contributed by atoms with van der Waals surface area (Å²) in [6.07, 6.45) is 0. The minimum Gasteiger partial charge on any atom is -0.451 e. The molecule has 1 aromatic heterocycles. The first kappa shape index (κ1) is 22.2. The fourth-order valence-electron chi connectivity index (χ4n) is 2.49. The quantitative estimate of drug-likeness (QED) is 0.759. The molecule has 0 radical (unpaired) electrons. The fourth-order valence-corrected chi connectivity index (χ4v) is 3.45. The number of hydrogen-bond acceptors (Lipinski definition) is 5. The van der Waals surface area contributed by atoms with Gasteiger partial charge in [-0.15, -0.1) is 11.3 Å². The molecule has 0 unspecified atom stereocenters. The van der Waals surface area contributed by atoms with Gasteiger partial charge in [-0.2, -0.15) is 0 Å². The van der Waals surface area contributed by atoms with Gasteiger partial charge >= 0.3 is 5.97 Å². The molecule has 0 atom stereocenters. The number of nitrogens with zero attached hydrogens (tertiary/aromatic N) is 1. The Morgan fingerprint density at radius 1 is 1.15 bits per heavy atom. The molecule has 0 fully saturated rings. The summed E-state index contributed by atoms with van der Waals surface area (Å²) in [5.41, 5.74) is 0.184. The second-order valence-corrected chi connectivity index (χ2v) is 8.94. The highest BCUT2D eigenvalue weighted by Crippen LogP contribution is 2.29. The molecule has 146 valence electrons. The number of thiophene rings is 1. The lowest BCUT2D eigenvalue weighted by atomic mass is 9.96. The van der Waals surface area contributed by atoms with Crippen molar-refractivity contribution in [1.82, 2.24) is 4.90 Å². The van der Waals surface area contributed by atoms with Crippen LogP contribution in [0.5, 0.6) is 0 Å². The Morgan fingerprint density at radius 3 is 2.15 bits per heavy atom. The number of ether oxygens (including phenoxy) is 1. The highest BCUT2D eigenvalue weighted by atomic mass is 32.1. The van der Waals surface area contributed by atoms with Crippen LogP contribution in [-0.4, -0.2) is 41.4 Å². The average Bonchev–Trinajstić information content (AvgIpc) is 2.83. The highest BCUT2D eigenvalue weighted by molar-refractivity contribution is 7.18. The third kappa shape index (κ3) is 5.83. The van der Waals surface area contributed by atoms with Crippen LogP contribution >= 0.6 is 11.3 Å². The zero-order valence-corrected chi connectivity index (χ0v) is 17.7. The second kappa shape index (κ2) is 8.66. The van der Waals surface area contributed by atoms with E-state index in [-0.39, 0.29) is 30.5 Å². The Morgan fingerprint density at radius 2 is 1.69 bits per heavy atom. The van der Waals surface area contributed by atoms with E-state index in [4.69, 9.17) is 4.74 Å². The molecule has 0 aliphatic rings. The van der Waals surface area contributed by atoms with Crippen molar-refractivity contribution in [2.24, 2.45) is 5.41 Å². The summed E-state index contributed by atoms with van der Waals surface area (Å²) in [4.78, 5) is 38.8. The van der Waals surface area contributed by atoms with Crippen LogP contribution in [0.3, 0.4) is 0 Å². The van der Waals surface area contributed by atoms with Gasteiger partial charge in [0.05, 0.1) is 5.00 Å². The zero-order valence-electron chi connectivity index (χ0n) is 16.9. The molecular formula is C19H30N2O4S. The molecular weight excluding hydrogens is 352 g/mol. The van der Waals surface area contributed by atoms with Gasteiger partial charge in [-0.25, -0.2) is 4.79 Å². The van der Waals surface area contributed by atoms with E-state index in [1.165, 1.54) is 0 Å². The summed E-state index contributed by atoms with van der Waals surface area (Å²) in [6, 6.07) is 1.80. The molecule has 0 aromatic carbocycles. The van der Waals surface area contributed by atoms with Crippen molar-refractivity contribution in [2.45, 2.75) is 67.5 Å². The molecule has 2 amide bonds. The molecule has 0 aliphatic carbocycles. The lowest BCUT2D eigenvalue weighted by Gasteiger charge is -2.30. The molecule has 1 aromatic rings. The predicted molar refractivity (Wildman–Crippen MR) is 105 cm³/mol. The van der Waals surface area contributed by atoms with Crippen LogP contribution in [0.25, 0.3) is 0 Å². The molecule has 0 spiro atoms. The Balaban J connectivity index is 2.77. The first-order chi connectivity index (χ1) is 11.8. The molecule has 6 nitrogen and oxygen atoms in total. The standard InChI is InChI=1S/C19H30N2O4S/c1-11(2)21(12(3)4)15(22)10-25-17(23)16-13(5)9-14(26-16)20-18(24)19(6,7)8/h9,11-12H,10H2,1-8H3,(H,20,24). The Hall–Kier alpha value is -1.89. The first-order valence-electron chi connectivity index (χ1n) is 8.74. The number of carbonyl (C=O) groups excluding carboxylic acids is 3. The van der Waals surface area contributed by atoms with Crippen molar-refractivity contribution < 1.29 is 19.1 Å². The summed E-state index contributed by atoms with van der Waals surface area (Å²) >= 11 is 1.15. The van der Waals surface area contributed by atoms with Gasteiger partial charge in [-0.05, 0) is 46.2 Å². The number of esters is 1. The van der Waals surface area contributed by atoms with Crippen LogP contribution in [0, 0.1) is 12.3 Å². The first-order valence-corrected chi connectivity index (χ1v) is 9.56. The summed E-state index contributed by atoms with van der Waals surface area (Å²) in [5, 5.41) is 3.40. The molecule has 7 heteroatoms. The number of aryl methyl sites for hydroxylation is 1. The van der Waals surface area contributed by atoms with Crippen LogP contribution < -0.4 is 5.32 Å². The van der Waals surface area contributed by atoms with E-state index in [2.05, 4.69) is 5.32 Å². The number of nitrogens with one attached hydrogen (secondary N) is 1. The fraction of sp³-hybridized carbons (Fsp3) is 0.632. The molecule has 1 N–H and O–H groups in total. The summed E-state index contributed by atoms with van der Waals surface area (Å²) < 4.78 is 5.21. The molecule has 1 heterocycles. The molecule has 26 heavy (non-hydrogen) atoms. The van der Waals surface area contributed by atoms with E-state index in [0.717, 1.165) is 11.3 Å². The summed E-state index contributed by atoms with van der Waals surface area (Å²) in [6.45, 7) is 14.6. The Labute approximate surface area is 159 Å². The van der Waals surface area contributed by atoms with Gasteiger partial charge in [0, 0.05) is 17.5 Å². The van der Waals surface area contributed by atoms with Crippen LogP contribution in [-0.2, 0) is 14.3 Å². The molecule has 0 saturated heterocycles. The van der Waals surface area contributed by atoms with Crippen molar-refractivity contribution >= 4 is 34.1 Å². The van der Waals surface area contributed by atoms with Gasteiger partial charge in [-0.1, -0.05) is 20.8 Å². The molecule has 0 bridgehead atoms. The van der Waals surface area contributed by atoms with E-state index in [1.54, 1.807) is 17.9 Å². The number of amides is 2. The minimum atomic E-state index is -0.551. The third-order valence-corrected chi connectivity index (χ3v) is 4.88.